The first-order valence-electron chi connectivity index (χ1n) is 8.44. The molecule has 0 radical (unpaired) electrons. The Labute approximate surface area is 147 Å². The zero-order chi connectivity index (χ0) is 18.4. The summed E-state index contributed by atoms with van der Waals surface area (Å²) in [6.07, 6.45) is 1.12. The molecule has 0 bridgehead atoms. The third-order valence-corrected chi connectivity index (χ3v) is 4.20. The van der Waals surface area contributed by atoms with E-state index in [2.05, 4.69) is 10.6 Å². The van der Waals surface area contributed by atoms with Crippen molar-refractivity contribution in [1.29, 1.82) is 0 Å². The van der Waals surface area contributed by atoms with Gasteiger partial charge in [0.15, 0.2) is 0 Å². The second-order valence-electron chi connectivity index (χ2n) is 6.16. The van der Waals surface area contributed by atoms with E-state index in [0.717, 1.165) is 16.9 Å². The minimum Gasteiger partial charge on any atom is -0.496 e. The number of hydrogen-bond acceptors (Lipinski definition) is 4. The monoisotopic (exact) mass is 347 g/mol. The van der Waals surface area contributed by atoms with E-state index in [1.54, 1.807) is 7.11 Å². The number of nitrogens with one attached hydrogen (secondary N) is 2. The highest BCUT2D eigenvalue weighted by Crippen LogP contribution is 2.25. The molecule has 1 aliphatic rings. The highest BCUT2D eigenvalue weighted by molar-refractivity contribution is 6.01. The molecule has 7 heteroatoms. The fourth-order valence-electron chi connectivity index (χ4n) is 2.83. The van der Waals surface area contributed by atoms with Crippen LogP contribution in [0.2, 0.25) is 0 Å². The van der Waals surface area contributed by atoms with Crippen LogP contribution in [0.4, 0.5) is 4.79 Å². The lowest BCUT2D eigenvalue weighted by atomic mass is 10.0. The SMILES string of the molecule is COc1ccc(C)cc1[C@H](C)NC(=O)NCCCN1C(=O)CCC1=O. The number of ether oxygens (including phenoxy) is 1. The van der Waals surface area contributed by atoms with Crippen LogP contribution < -0.4 is 15.4 Å². The molecule has 2 rings (SSSR count). The van der Waals surface area contributed by atoms with Crippen LogP contribution in [0.15, 0.2) is 18.2 Å². The number of rotatable bonds is 7. The van der Waals surface area contributed by atoms with Crippen molar-refractivity contribution in [3.63, 3.8) is 0 Å². The Kier molecular flexibility index (Phi) is 6.38. The molecule has 136 valence electrons. The predicted octanol–water partition coefficient (Wildman–Crippen LogP) is 1.90. The van der Waals surface area contributed by atoms with Gasteiger partial charge in [0.25, 0.3) is 0 Å². The number of urea groups is 1. The van der Waals surface area contributed by atoms with Crippen molar-refractivity contribution in [1.82, 2.24) is 15.5 Å². The Hall–Kier alpha value is -2.57. The van der Waals surface area contributed by atoms with Crippen molar-refractivity contribution in [2.75, 3.05) is 20.2 Å². The topological polar surface area (TPSA) is 87.7 Å². The molecule has 1 heterocycles. The van der Waals surface area contributed by atoms with Gasteiger partial charge in [0.2, 0.25) is 11.8 Å². The number of nitrogens with zero attached hydrogens (tertiary/aromatic N) is 1. The van der Waals surface area contributed by atoms with E-state index in [0.29, 0.717) is 32.4 Å². The first-order chi connectivity index (χ1) is 11.9. The molecule has 4 amide bonds. The number of hydrogen-bond donors (Lipinski definition) is 2. The highest BCUT2D eigenvalue weighted by Gasteiger charge is 2.27. The molecule has 1 aliphatic heterocycles. The van der Waals surface area contributed by atoms with Crippen molar-refractivity contribution >= 4 is 17.8 Å². The lowest BCUT2D eigenvalue weighted by Gasteiger charge is -2.19. The first-order valence-corrected chi connectivity index (χ1v) is 8.44. The lowest BCUT2D eigenvalue weighted by molar-refractivity contribution is -0.138. The van der Waals surface area contributed by atoms with E-state index in [1.165, 1.54) is 4.90 Å². The van der Waals surface area contributed by atoms with Crippen molar-refractivity contribution in [3.8, 4) is 5.75 Å². The standard InChI is InChI=1S/C18H25N3O4/c1-12-5-6-15(25-3)14(11-12)13(2)20-18(24)19-9-4-10-21-16(22)7-8-17(21)23/h5-6,11,13H,4,7-10H2,1-3H3,(H2,19,20,24)/t13-/m0/s1. The second-order valence-corrected chi connectivity index (χ2v) is 6.16. The van der Waals surface area contributed by atoms with Crippen molar-refractivity contribution in [2.45, 2.75) is 39.2 Å². The summed E-state index contributed by atoms with van der Waals surface area (Å²) in [6.45, 7) is 4.61. The molecule has 1 aromatic carbocycles. The smallest absolute Gasteiger partial charge is 0.315 e. The molecule has 0 spiro atoms. The third kappa shape index (κ3) is 4.95. The average molecular weight is 347 g/mol. The maximum atomic E-state index is 12.0. The fourth-order valence-corrected chi connectivity index (χ4v) is 2.83. The van der Waals surface area contributed by atoms with Gasteiger partial charge in [0, 0.05) is 31.5 Å². The quantitative estimate of drug-likeness (QED) is 0.582. The van der Waals surface area contributed by atoms with Gasteiger partial charge in [-0.15, -0.1) is 0 Å². The van der Waals surface area contributed by atoms with Gasteiger partial charge < -0.3 is 15.4 Å². The molecular formula is C18H25N3O4. The van der Waals surface area contributed by atoms with Crippen LogP contribution in [0.1, 0.15) is 43.4 Å². The summed E-state index contributed by atoms with van der Waals surface area (Å²) in [6, 6.07) is 5.31. The molecule has 0 unspecified atom stereocenters. The molecule has 0 saturated carbocycles. The zero-order valence-corrected chi connectivity index (χ0v) is 14.9. The normalized spacial score (nSPS) is 15.2. The molecular weight excluding hydrogens is 322 g/mol. The van der Waals surface area contributed by atoms with Crippen molar-refractivity contribution in [3.05, 3.63) is 29.3 Å². The largest absolute Gasteiger partial charge is 0.496 e. The number of carbonyl (C=O) groups excluding carboxylic acids is 3. The Morgan fingerprint density at radius 2 is 1.96 bits per heavy atom. The lowest BCUT2D eigenvalue weighted by Crippen LogP contribution is -2.39. The fraction of sp³-hybridized carbons (Fsp3) is 0.500. The summed E-state index contributed by atoms with van der Waals surface area (Å²) in [5.74, 6) is 0.466. The van der Waals surface area contributed by atoms with Crippen LogP contribution in [-0.4, -0.2) is 42.9 Å². The van der Waals surface area contributed by atoms with Gasteiger partial charge in [-0.2, -0.15) is 0 Å². The van der Waals surface area contributed by atoms with Gasteiger partial charge in [0.05, 0.1) is 13.2 Å². The predicted molar refractivity (Wildman–Crippen MR) is 93.3 cm³/mol. The molecule has 7 nitrogen and oxygen atoms in total. The van der Waals surface area contributed by atoms with E-state index in [-0.39, 0.29) is 23.9 Å². The number of likely N-dealkylation sites (tertiary alicyclic amines) is 1. The van der Waals surface area contributed by atoms with Crippen LogP contribution in [0.25, 0.3) is 0 Å². The Morgan fingerprint density at radius 3 is 2.60 bits per heavy atom. The van der Waals surface area contributed by atoms with Crippen LogP contribution in [0.5, 0.6) is 5.75 Å². The Balaban J connectivity index is 1.77. The number of aryl methyl sites for hydroxylation is 1. The highest BCUT2D eigenvalue weighted by atomic mass is 16.5. The van der Waals surface area contributed by atoms with E-state index in [9.17, 15) is 14.4 Å². The summed E-state index contributed by atoms with van der Waals surface area (Å²) < 4.78 is 5.34. The summed E-state index contributed by atoms with van der Waals surface area (Å²) in [4.78, 5) is 36.3. The van der Waals surface area contributed by atoms with Crippen LogP contribution in [0, 0.1) is 6.92 Å². The molecule has 0 aromatic heterocycles. The minimum absolute atomic E-state index is 0.130. The van der Waals surface area contributed by atoms with Gasteiger partial charge in [0.1, 0.15) is 5.75 Å². The first kappa shape index (κ1) is 18.8. The van der Waals surface area contributed by atoms with Crippen LogP contribution >= 0.6 is 0 Å². The van der Waals surface area contributed by atoms with E-state index >= 15 is 0 Å². The zero-order valence-electron chi connectivity index (χ0n) is 14.9. The number of methoxy groups -OCH3 is 1. The number of imide groups is 1. The summed E-state index contributed by atoms with van der Waals surface area (Å²) in [7, 11) is 1.60. The molecule has 1 saturated heterocycles. The molecule has 25 heavy (non-hydrogen) atoms. The molecule has 1 atom stereocenters. The van der Waals surface area contributed by atoms with Gasteiger partial charge in [-0.05, 0) is 26.3 Å². The maximum absolute atomic E-state index is 12.0. The van der Waals surface area contributed by atoms with E-state index < -0.39 is 0 Å². The van der Waals surface area contributed by atoms with Gasteiger partial charge in [-0.1, -0.05) is 17.7 Å². The summed E-state index contributed by atoms with van der Waals surface area (Å²) in [5, 5.41) is 5.62. The maximum Gasteiger partial charge on any atom is 0.315 e. The molecule has 1 aromatic rings. The van der Waals surface area contributed by atoms with Gasteiger partial charge in [-0.3, -0.25) is 14.5 Å². The number of amides is 4. The Morgan fingerprint density at radius 1 is 1.28 bits per heavy atom. The van der Waals surface area contributed by atoms with Crippen molar-refractivity contribution < 1.29 is 19.1 Å². The van der Waals surface area contributed by atoms with Gasteiger partial charge in [-0.25, -0.2) is 4.79 Å². The van der Waals surface area contributed by atoms with E-state index in [1.807, 2.05) is 32.0 Å². The average Bonchev–Trinajstić information content (AvgIpc) is 2.90. The number of carbonyl (C=O) groups is 3. The second kappa shape index (κ2) is 8.50. The molecule has 0 aliphatic carbocycles. The van der Waals surface area contributed by atoms with Crippen molar-refractivity contribution in [2.24, 2.45) is 0 Å². The molecule has 1 fully saturated rings. The Bertz CT molecular complexity index is 644. The van der Waals surface area contributed by atoms with Crippen LogP contribution in [0.3, 0.4) is 0 Å². The minimum atomic E-state index is -0.296. The van der Waals surface area contributed by atoms with E-state index in [4.69, 9.17) is 4.74 Å². The van der Waals surface area contributed by atoms with Gasteiger partial charge >= 0.3 is 6.03 Å². The summed E-state index contributed by atoms with van der Waals surface area (Å²) >= 11 is 0. The number of benzene rings is 1. The summed E-state index contributed by atoms with van der Waals surface area (Å²) in [5.41, 5.74) is 2.00. The third-order valence-electron chi connectivity index (χ3n) is 4.20. The molecule has 2 N–H and O–H groups in total. The van der Waals surface area contributed by atoms with Crippen LogP contribution in [-0.2, 0) is 9.59 Å².